The number of pyridine rings is 1. The predicted molar refractivity (Wildman–Crippen MR) is 101 cm³/mol. The molecule has 0 bridgehead atoms. The summed E-state index contributed by atoms with van der Waals surface area (Å²) in [5.74, 6) is 1.72. The summed E-state index contributed by atoms with van der Waals surface area (Å²) in [7, 11) is 1.59. The van der Waals surface area contributed by atoms with E-state index in [0.717, 1.165) is 37.6 Å². The number of rotatable bonds is 5. The fraction of sp³-hybridized carbons (Fsp3) is 0.400. The number of aromatic nitrogens is 1. The van der Waals surface area contributed by atoms with Gasteiger partial charge in [-0.2, -0.15) is 0 Å². The predicted octanol–water partition coefficient (Wildman–Crippen LogP) is 2.90. The largest absolute Gasteiger partial charge is 0.493 e. The summed E-state index contributed by atoms with van der Waals surface area (Å²) in [5.41, 5.74) is 1.14. The van der Waals surface area contributed by atoms with Gasteiger partial charge in [-0.1, -0.05) is 12.1 Å². The number of benzene rings is 1. The number of esters is 1. The Labute approximate surface area is 154 Å². The van der Waals surface area contributed by atoms with Crippen molar-refractivity contribution in [1.29, 1.82) is 0 Å². The SMILES string of the molecule is COc1cc(C(C)N2CCN(c3ccccn3)CC2)ccc1OC(C)=O. The number of carbonyl (C=O) groups excluding carboxylic acids is 1. The highest BCUT2D eigenvalue weighted by Crippen LogP contribution is 2.32. The van der Waals surface area contributed by atoms with Crippen molar-refractivity contribution >= 4 is 11.8 Å². The molecule has 0 saturated carbocycles. The van der Waals surface area contributed by atoms with E-state index in [1.807, 2.05) is 30.5 Å². The fourth-order valence-corrected chi connectivity index (χ4v) is 3.27. The molecule has 0 radical (unpaired) electrons. The van der Waals surface area contributed by atoms with Gasteiger partial charge in [0.25, 0.3) is 0 Å². The Morgan fingerprint density at radius 1 is 1.12 bits per heavy atom. The van der Waals surface area contributed by atoms with Crippen LogP contribution in [0.5, 0.6) is 11.5 Å². The van der Waals surface area contributed by atoms with E-state index in [1.165, 1.54) is 6.92 Å². The van der Waals surface area contributed by atoms with Crippen molar-refractivity contribution < 1.29 is 14.3 Å². The summed E-state index contributed by atoms with van der Waals surface area (Å²) in [6.07, 6.45) is 1.83. The van der Waals surface area contributed by atoms with Crippen LogP contribution in [0.2, 0.25) is 0 Å². The third kappa shape index (κ3) is 4.14. The Morgan fingerprint density at radius 2 is 1.88 bits per heavy atom. The summed E-state index contributed by atoms with van der Waals surface area (Å²) in [6.45, 7) is 7.40. The number of nitrogens with zero attached hydrogens (tertiary/aromatic N) is 3. The zero-order valence-corrected chi connectivity index (χ0v) is 15.5. The van der Waals surface area contributed by atoms with Crippen LogP contribution in [-0.4, -0.2) is 49.1 Å². The van der Waals surface area contributed by atoms with Crippen LogP contribution in [-0.2, 0) is 4.79 Å². The molecule has 0 aliphatic carbocycles. The number of hydrogen-bond acceptors (Lipinski definition) is 6. The summed E-state index contributed by atoms with van der Waals surface area (Å²) < 4.78 is 10.6. The molecule has 1 aromatic carbocycles. The molecule has 1 unspecified atom stereocenters. The molecule has 2 aromatic rings. The molecular weight excluding hydrogens is 330 g/mol. The van der Waals surface area contributed by atoms with Crippen LogP contribution in [0.25, 0.3) is 0 Å². The lowest BCUT2D eigenvalue weighted by Crippen LogP contribution is -2.47. The molecule has 1 saturated heterocycles. The number of hydrogen-bond donors (Lipinski definition) is 0. The quantitative estimate of drug-likeness (QED) is 0.607. The van der Waals surface area contributed by atoms with Crippen molar-refractivity contribution in [2.75, 3.05) is 38.2 Å². The minimum atomic E-state index is -0.352. The molecule has 0 spiro atoms. The highest BCUT2D eigenvalue weighted by atomic mass is 16.6. The van der Waals surface area contributed by atoms with Crippen LogP contribution < -0.4 is 14.4 Å². The van der Waals surface area contributed by atoms with Crippen LogP contribution in [0.1, 0.15) is 25.5 Å². The van der Waals surface area contributed by atoms with Crippen molar-refractivity contribution in [3.8, 4) is 11.5 Å². The van der Waals surface area contributed by atoms with Crippen molar-refractivity contribution in [1.82, 2.24) is 9.88 Å². The number of piperazine rings is 1. The number of anilines is 1. The molecule has 6 nitrogen and oxygen atoms in total. The minimum absolute atomic E-state index is 0.251. The normalized spacial score (nSPS) is 16.2. The summed E-state index contributed by atoms with van der Waals surface area (Å²) >= 11 is 0. The second kappa shape index (κ2) is 8.19. The van der Waals surface area contributed by atoms with Gasteiger partial charge in [-0.3, -0.25) is 9.69 Å². The van der Waals surface area contributed by atoms with Gasteiger partial charge in [0.05, 0.1) is 7.11 Å². The van der Waals surface area contributed by atoms with Crippen LogP contribution >= 0.6 is 0 Å². The van der Waals surface area contributed by atoms with Crippen molar-refractivity contribution in [3.63, 3.8) is 0 Å². The molecule has 1 aliphatic heterocycles. The first-order chi connectivity index (χ1) is 12.6. The van der Waals surface area contributed by atoms with Crippen LogP contribution in [0.4, 0.5) is 5.82 Å². The van der Waals surface area contributed by atoms with Gasteiger partial charge in [-0.05, 0) is 36.8 Å². The number of methoxy groups -OCH3 is 1. The van der Waals surface area contributed by atoms with E-state index in [2.05, 4.69) is 27.8 Å². The Kier molecular flexibility index (Phi) is 5.73. The maximum absolute atomic E-state index is 11.2. The standard InChI is InChI=1S/C20H25N3O3/c1-15(17-7-8-18(26-16(2)24)19(14-17)25-3)22-10-12-23(13-11-22)20-6-4-5-9-21-20/h4-9,14-15H,10-13H2,1-3H3. The second-order valence-electron chi connectivity index (χ2n) is 6.39. The summed E-state index contributed by atoms with van der Waals surface area (Å²) in [5, 5.41) is 0. The summed E-state index contributed by atoms with van der Waals surface area (Å²) in [4.78, 5) is 20.4. The number of carbonyl (C=O) groups is 1. The van der Waals surface area contributed by atoms with Crippen LogP contribution in [0.3, 0.4) is 0 Å². The molecule has 138 valence electrons. The van der Waals surface area contributed by atoms with Gasteiger partial charge in [0, 0.05) is 45.3 Å². The first-order valence-electron chi connectivity index (χ1n) is 8.85. The first kappa shape index (κ1) is 18.2. The van der Waals surface area contributed by atoms with Crippen molar-refractivity contribution in [2.45, 2.75) is 19.9 Å². The maximum atomic E-state index is 11.2. The molecule has 0 N–H and O–H groups in total. The Balaban J connectivity index is 1.66. The van der Waals surface area contributed by atoms with E-state index >= 15 is 0 Å². The van der Waals surface area contributed by atoms with E-state index in [4.69, 9.17) is 9.47 Å². The topological polar surface area (TPSA) is 54.9 Å². The average Bonchev–Trinajstić information content (AvgIpc) is 2.68. The van der Waals surface area contributed by atoms with E-state index in [0.29, 0.717) is 11.5 Å². The molecule has 0 amide bonds. The molecule has 3 rings (SSSR count). The van der Waals surface area contributed by atoms with Gasteiger partial charge >= 0.3 is 5.97 Å². The lowest BCUT2D eigenvalue weighted by molar-refractivity contribution is -0.132. The third-order valence-electron chi connectivity index (χ3n) is 4.76. The van der Waals surface area contributed by atoms with E-state index < -0.39 is 0 Å². The van der Waals surface area contributed by atoms with Gasteiger partial charge in [-0.15, -0.1) is 0 Å². The Morgan fingerprint density at radius 3 is 2.50 bits per heavy atom. The highest BCUT2D eigenvalue weighted by molar-refractivity contribution is 5.70. The molecule has 1 aliphatic rings. The van der Waals surface area contributed by atoms with Gasteiger partial charge in [0.15, 0.2) is 11.5 Å². The van der Waals surface area contributed by atoms with E-state index in [-0.39, 0.29) is 12.0 Å². The summed E-state index contributed by atoms with van der Waals surface area (Å²) in [6, 6.07) is 12.0. The maximum Gasteiger partial charge on any atom is 0.308 e. The smallest absolute Gasteiger partial charge is 0.308 e. The molecule has 2 heterocycles. The second-order valence-corrected chi connectivity index (χ2v) is 6.39. The van der Waals surface area contributed by atoms with Gasteiger partial charge < -0.3 is 14.4 Å². The molecule has 1 aromatic heterocycles. The zero-order chi connectivity index (χ0) is 18.5. The molecule has 26 heavy (non-hydrogen) atoms. The average molecular weight is 355 g/mol. The molecule has 1 atom stereocenters. The Bertz CT molecular complexity index is 743. The van der Waals surface area contributed by atoms with Gasteiger partial charge in [0.2, 0.25) is 0 Å². The molecule has 6 heteroatoms. The zero-order valence-electron chi connectivity index (χ0n) is 15.5. The highest BCUT2D eigenvalue weighted by Gasteiger charge is 2.23. The first-order valence-corrected chi connectivity index (χ1v) is 8.85. The van der Waals surface area contributed by atoms with Crippen LogP contribution in [0, 0.1) is 0 Å². The fourth-order valence-electron chi connectivity index (χ4n) is 3.27. The monoisotopic (exact) mass is 355 g/mol. The van der Waals surface area contributed by atoms with Gasteiger partial charge in [-0.25, -0.2) is 4.98 Å². The third-order valence-corrected chi connectivity index (χ3v) is 4.76. The molecule has 1 fully saturated rings. The van der Waals surface area contributed by atoms with Crippen LogP contribution in [0.15, 0.2) is 42.6 Å². The number of ether oxygens (including phenoxy) is 2. The lowest BCUT2D eigenvalue weighted by Gasteiger charge is -2.38. The van der Waals surface area contributed by atoms with E-state index in [1.54, 1.807) is 13.2 Å². The van der Waals surface area contributed by atoms with Crippen molar-refractivity contribution in [2.24, 2.45) is 0 Å². The van der Waals surface area contributed by atoms with Crippen molar-refractivity contribution in [3.05, 3.63) is 48.2 Å². The molecular formula is C20H25N3O3. The lowest BCUT2D eigenvalue weighted by atomic mass is 10.1. The van der Waals surface area contributed by atoms with Gasteiger partial charge in [0.1, 0.15) is 5.82 Å². The minimum Gasteiger partial charge on any atom is -0.493 e. The van der Waals surface area contributed by atoms with E-state index in [9.17, 15) is 4.79 Å². The Hall–Kier alpha value is -2.60.